The molecule has 14 heavy (non-hydrogen) atoms. The van der Waals surface area contributed by atoms with E-state index < -0.39 is 0 Å². The number of hydrogen-bond donors (Lipinski definition) is 0. The highest BCUT2D eigenvalue weighted by Gasteiger charge is 2.05. The quantitative estimate of drug-likeness (QED) is 0.833. The maximum absolute atomic E-state index is 10.7. The van der Waals surface area contributed by atoms with E-state index in [1.165, 1.54) is 6.92 Å². The highest BCUT2D eigenvalue weighted by atomic mass is 79.9. The van der Waals surface area contributed by atoms with Crippen LogP contribution in [0.3, 0.4) is 0 Å². The third-order valence-corrected chi connectivity index (χ3v) is 2.05. The summed E-state index contributed by atoms with van der Waals surface area (Å²) in [4.78, 5) is 10.7. The molecule has 0 amide bonds. The molecule has 0 N–H and O–H groups in total. The molecule has 0 radical (unpaired) electrons. The second kappa shape index (κ2) is 5.00. The molecule has 0 unspecified atom stereocenters. The van der Waals surface area contributed by atoms with E-state index in [-0.39, 0.29) is 12.4 Å². The molecule has 1 aromatic carbocycles. The molecule has 0 aliphatic carbocycles. The second-order valence-corrected chi connectivity index (χ2v) is 3.70. The molecule has 0 heterocycles. The van der Waals surface area contributed by atoms with E-state index in [1.807, 2.05) is 6.07 Å². The Morgan fingerprint density at radius 1 is 1.43 bits per heavy atom. The summed E-state index contributed by atoms with van der Waals surface area (Å²) in [6, 6.07) is 5.39. The molecular formula is C10H11BrO3. The largest absolute Gasteiger partial charge is 0.493 e. The number of ether oxygens (including phenoxy) is 2. The highest BCUT2D eigenvalue weighted by Crippen LogP contribution is 2.29. The van der Waals surface area contributed by atoms with E-state index in [1.54, 1.807) is 19.2 Å². The Kier molecular flexibility index (Phi) is 3.95. The Bertz CT molecular complexity index is 336. The van der Waals surface area contributed by atoms with Crippen LogP contribution in [0.1, 0.15) is 6.92 Å². The Morgan fingerprint density at radius 2 is 2.14 bits per heavy atom. The molecule has 0 aliphatic heterocycles. The van der Waals surface area contributed by atoms with Gasteiger partial charge in [-0.3, -0.25) is 4.79 Å². The molecule has 0 bridgehead atoms. The number of methoxy groups -OCH3 is 1. The standard InChI is InChI=1S/C10H11BrO3/c1-7(12)6-14-10-5-8(11)3-4-9(10)13-2/h3-5H,6H2,1-2H3. The maximum Gasteiger partial charge on any atom is 0.167 e. The van der Waals surface area contributed by atoms with Gasteiger partial charge in [-0.05, 0) is 25.1 Å². The molecule has 76 valence electrons. The molecule has 0 aromatic heterocycles. The van der Waals surface area contributed by atoms with Crippen LogP contribution in [0.5, 0.6) is 11.5 Å². The van der Waals surface area contributed by atoms with Gasteiger partial charge in [-0.1, -0.05) is 15.9 Å². The lowest BCUT2D eigenvalue weighted by Gasteiger charge is -2.09. The molecule has 4 heteroatoms. The van der Waals surface area contributed by atoms with Crippen molar-refractivity contribution in [1.82, 2.24) is 0 Å². The van der Waals surface area contributed by atoms with E-state index in [0.717, 1.165) is 4.47 Å². The minimum Gasteiger partial charge on any atom is -0.493 e. The zero-order valence-corrected chi connectivity index (χ0v) is 9.63. The first-order valence-electron chi connectivity index (χ1n) is 4.09. The van der Waals surface area contributed by atoms with Crippen molar-refractivity contribution in [3.8, 4) is 11.5 Å². The van der Waals surface area contributed by atoms with Gasteiger partial charge in [-0.15, -0.1) is 0 Å². The van der Waals surface area contributed by atoms with Crippen molar-refractivity contribution in [2.75, 3.05) is 13.7 Å². The predicted molar refractivity (Wildman–Crippen MR) is 56.9 cm³/mol. The minimum atomic E-state index is -0.0213. The Hall–Kier alpha value is -1.03. The third kappa shape index (κ3) is 3.03. The van der Waals surface area contributed by atoms with E-state index in [9.17, 15) is 4.79 Å². The summed E-state index contributed by atoms with van der Waals surface area (Å²) in [5.41, 5.74) is 0. The van der Waals surface area contributed by atoms with Crippen molar-refractivity contribution < 1.29 is 14.3 Å². The van der Waals surface area contributed by atoms with E-state index >= 15 is 0 Å². The van der Waals surface area contributed by atoms with Gasteiger partial charge < -0.3 is 9.47 Å². The first-order valence-corrected chi connectivity index (χ1v) is 4.88. The van der Waals surface area contributed by atoms with Crippen LogP contribution < -0.4 is 9.47 Å². The van der Waals surface area contributed by atoms with Crippen molar-refractivity contribution in [1.29, 1.82) is 0 Å². The summed E-state index contributed by atoms with van der Waals surface area (Å²) >= 11 is 3.31. The average Bonchev–Trinajstić information content (AvgIpc) is 2.15. The van der Waals surface area contributed by atoms with Crippen molar-refractivity contribution in [3.05, 3.63) is 22.7 Å². The minimum absolute atomic E-state index is 0.0213. The van der Waals surface area contributed by atoms with Crippen LogP contribution in [0, 0.1) is 0 Å². The molecule has 0 spiro atoms. The van der Waals surface area contributed by atoms with E-state index in [4.69, 9.17) is 9.47 Å². The Balaban J connectivity index is 2.82. The van der Waals surface area contributed by atoms with Gasteiger partial charge in [0.2, 0.25) is 0 Å². The summed E-state index contributed by atoms with van der Waals surface area (Å²) in [5, 5.41) is 0. The lowest BCUT2D eigenvalue weighted by molar-refractivity contribution is -0.118. The Morgan fingerprint density at radius 3 is 2.71 bits per heavy atom. The third-order valence-electron chi connectivity index (χ3n) is 1.56. The molecule has 0 saturated carbocycles. The van der Waals surface area contributed by atoms with Crippen LogP contribution in [0.15, 0.2) is 22.7 Å². The fourth-order valence-corrected chi connectivity index (χ4v) is 1.28. The topological polar surface area (TPSA) is 35.5 Å². The van der Waals surface area contributed by atoms with Crippen LogP contribution in [0.2, 0.25) is 0 Å². The number of carbonyl (C=O) groups is 1. The lowest BCUT2D eigenvalue weighted by atomic mass is 10.3. The van der Waals surface area contributed by atoms with Crippen LogP contribution in [0.25, 0.3) is 0 Å². The number of carbonyl (C=O) groups excluding carboxylic acids is 1. The predicted octanol–water partition coefficient (Wildman–Crippen LogP) is 2.43. The zero-order valence-electron chi connectivity index (χ0n) is 8.04. The SMILES string of the molecule is COc1ccc(Br)cc1OCC(C)=O. The van der Waals surface area contributed by atoms with Crippen molar-refractivity contribution in [3.63, 3.8) is 0 Å². The fourth-order valence-electron chi connectivity index (χ4n) is 0.943. The maximum atomic E-state index is 10.7. The van der Waals surface area contributed by atoms with Gasteiger partial charge >= 0.3 is 0 Å². The second-order valence-electron chi connectivity index (χ2n) is 2.79. The summed E-state index contributed by atoms with van der Waals surface area (Å²) < 4.78 is 11.2. The van der Waals surface area contributed by atoms with Crippen molar-refractivity contribution >= 4 is 21.7 Å². The molecule has 3 nitrogen and oxygen atoms in total. The number of ketones is 1. The van der Waals surface area contributed by atoms with Gasteiger partial charge in [0, 0.05) is 4.47 Å². The zero-order chi connectivity index (χ0) is 10.6. The fraction of sp³-hybridized carbons (Fsp3) is 0.300. The number of benzene rings is 1. The lowest BCUT2D eigenvalue weighted by Crippen LogP contribution is -2.07. The van der Waals surface area contributed by atoms with Gasteiger partial charge in [0.1, 0.15) is 6.61 Å². The van der Waals surface area contributed by atoms with Crippen molar-refractivity contribution in [2.24, 2.45) is 0 Å². The molecular weight excluding hydrogens is 248 g/mol. The van der Waals surface area contributed by atoms with Gasteiger partial charge in [0.05, 0.1) is 7.11 Å². The normalized spacial score (nSPS) is 9.64. The first kappa shape index (κ1) is 11.0. The average molecular weight is 259 g/mol. The monoisotopic (exact) mass is 258 g/mol. The van der Waals surface area contributed by atoms with E-state index in [2.05, 4.69) is 15.9 Å². The highest BCUT2D eigenvalue weighted by molar-refractivity contribution is 9.10. The number of rotatable bonds is 4. The molecule has 1 aromatic rings. The van der Waals surface area contributed by atoms with Gasteiger partial charge in [0.25, 0.3) is 0 Å². The van der Waals surface area contributed by atoms with Gasteiger partial charge in [-0.2, -0.15) is 0 Å². The van der Waals surface area contributed by atoms with Gasteiger partial charge in [0.15, 0.2) is 17.3 Å². The molecule has 0 fully saturated rings. The summed E-state index contributed by atoms with van der Waals surface area (Å²) in [6.45, 7) is 1.54. The summed E-state index contributed by atoms with van der Waals surface area (Å²) in [6.07, 6.45) is 0. The molecule has 0 aliphatic rings. The summed E-state index contributed by atoms with van der Waals surface area (Å²) in [7, 11) is 1.56. The van der Waals surface area contributed by atoms with Crippen LogP contribution >= 0.6 is 15.9 Å². The number of hydrogen-bond acceptors (Lipinski definition) is 3. The summed E-state index contributed by atoms with van der Waals surface area (Å²) in [5.74, 6) is 1.17. The van der Waals surface area contributed by atoms with E-state index in [0.29, 0.717) is 11.5 Å². The first-order chi connectivity index (χ1) is 6.63. The molecule has 1 rings (SSSR count). The van der Waals surface area contributed by atoms with Crippen LogP contribution in [-0.4, -0.2) is 19.5 Å². The van der Waals surface area contributed by atoms with Gasteiger partial charge in [-0.25, -0.2) is 0 Å². The van der Waals surface area contributed by atoms with Crippen molar-refractivity contribution in [2.45, 2.75) is 6.92 Å². The number of halogens is 1. The number of Topliss-reactive ketones (excluding diaryl/α,β-unsaturated/α-hetero) is 1. The van der Waals surface area contributed by atoms with Crippen LogP contribution in [-0.2, 0) is 4.79 Å². The molecule has 0 saturated heterocycles. The molecule has 0 atom stereocenters. The smallest absolute Gasteiger partial charge is 0.167 e. The Labute approximate surface area is 91.1 Å². The van der Waals surface area contributed by atoms with Crippen LogP contribution in [0.4, 0.5) is 0 Å².